The SMILES string of the molecule is CCCC(C)Nc1cccc(F)c1C(N)=S. The molecule has 4 heteroatoms. The van der Waals surface area contributed by atoms with Gasteiger partial charge in [0.15, 0.2) is 0 Å². The van der Waals surface area contributed by atoms with Crippen molar-refractivity contribution < 1.29 is 4.39 Å². The number of nitrogens with two attached hydrogens (primary N) is 1. The molecule has 16 heavy (non-hydrogen) atoms. The molecular weight excluding hydrogens is 223 g/mol. The molecule has 1 unspecified atom stereocenters. The number of rotatable bonds is 5. The number of nitrogens with one attached hydrogen (secondary N) is 1. The van der Waals surface area contributed by atoms with E-state index in [0.29, 0.717) is 11.3 Å². The summed E-state index contributed by atoms with van der Waals surface area (Å²) in [7, 11) is 0. The third-order valence-corrected chi connectivity index (χ3v) is 2.59. The molecule has 1 atom stereocenters. The Morgan fingerprint density at radius 1 is 1.56 bits per heavy atom. The van der Waals surface area contributed by atoms with Gasteiger partial charge in [-0.15, -0.1) is 0 Å². The van der Waals surface area contributed by atoms with Gasteiger partial charge in [-0.2, -0.15) is 0 Å². The van der Waals surface area contributed by atoms with Crippen LogP contribution < -0.4 is 11.1 Å². The summed E-state index contributed by atoms with van der Waals surface area (Å²) in [6.07, 6.45) is 2.10. The van der Waals surface area contributed by atoms with E-state index in [0.717, 1.165) is 12.8 Å². The third-order valence-electron chi connectivity index (χ3n) is 2.38. The fourth-order valence-electron chi connectivity index (χ4n) is 1.67. The number of anilines is 1. The van der Waals surface area contributed by atoms with Crippen molar-refractivity contribution in [3.8, 4) is 0 Å². The number of thiocarbonyl (C=S) groups is 1. The molecule has 0 radical (unpaired) electrons. The Hall–Kier alpha value is -1.16. The van der Waals surface area contributed by atoms with E-state index in [1.54, 1.807) is 12.1 Å². The molecule has 0 aromatic heterocycles. The Bertz CT molecular complexity index is 379. The van der Waals surface area contributed by atoms with Crippen LogP contribution in [0.1, 0.15) is 32.3 Å². The van der Waals surface area contributed by atoms with Gasteiger partial charge in [-0.05, 0) is 25.5 Å². The molecule has 0 aliphatic carbocycles. The van der Waals surface area contributed by atoms with Crippen molar-refractivity contribution in [3.63, 3.8) is 0 Å². The first kappa shape index (κ1) is 12.9. The van der Waals surface area contributed by atoms with E-state index in [1.165, 1.54) is 6.07 Å². The van der Waals surface area contributed by atoms with E-state index >= 15 is 0 Å². The second-order valence-corrected chi connectivity index (χ2v) is 4.30. The smallest absolute Gasteiger partial charge is 0.135 e. The summed E-state index contributed by atoms with van der Waals surface area (Å²) < 4.78 is 13.5. The highest BCUT2D eigenvalue weighted by atomic mass is 32.1. The van der Waals surface area contributed by atoms with Gasteiger partial charge in [0, 0.05) is 11.7 Å². The van der Waals surface area contributed by atoms with Crippen LogP contribution in [-0.4, -0.2) is 11.0 Å². The minimum absolute atomic E-state index is 0.0873. The number of hydrogen-bond donors (Lipinski definition) is 2. The van der Waals surface area contributed by atoms with Crippen LogP contribution in [0.2, 0.25) is 0 Å². The molecule has 3 N–H and O–H groups in total. The molecule has 1 rings (SSSR count). The first-order chi connectivity index (χ1) is 7.56. The van der Waals surface area contributed by atoms with Crippen molar-refractivity contribution in [1.29, 1.82) is 0 Å². The standard InChI is InChI=1S/C12H17FN2S/c1-3-5-8(2)15-10-7-4-6-9(13)11(10)12(14)16/h4,6-8,15H,3,5H2,1-2H3,(H2,14,16). The second kappa shape index (κ2) is 5.80. The van der Waals surface area contributed by atoms with Gasteiger partial charge in [0.05, 0.1) is 5.56 Å². The Morgan fingerprint density at radius 2 is 2.25 bits per heavy atom. The molecule has 0 saturated carbocycles. The quantitative estimate of drug-likeness (QED) is 0.777. The second-order valence-electron chi connectivity index (χ2n) is 3.86. The van der Waals surface area contributed by atoms with Crippen LogP contribution in [0.25, 0.3) is 0 Å². The summed E-state index contributed by atoms with van der Waals surface area (Å²) in [5.74, 6) is -0.374. The van der Waals surface area contributed by atoms with Crippen LogP contribution in [0, 0.1) is 5.82 Å². The van der Waals surface area contributed by atoms with E-state index in [4.69, 9.17) is 18.0 Å². The molecule has 1 aromatic carbocycles. The Labute approximate surface area is 101 Å². The maximum absolute atomic E-state index is 13.5. The summed E-state index contributed by atoms with van der Waals surface area (Å²) in [5.41, 5.74) is 6.50. The summed E-state index contributed by atoms with van der Waals surface area (Å²) in [4.78, 5) is 0.0873. The lowest BCUT2D eigenvalue weighted by molar-refractivity contribution is 0.624. The molecule has 0 heterocycles. The van der Waals surface area contributed by atoms with Gasteiger partial charge in [0.1, 0.15) is 10.8 Å². The highest BCUT2D eigenvalue weighted by Crippen LogP contribution is 2.20. The maximum Gasteiger partial charge on any atom is 0.135 e. The molecule has 1 aromatic rings. The molecular formula is C12H17FN2S. The molecule has 0 aliphatic rings. The molecule has 0 fully saturated rings. The lowest BCUT2D eigenvalue weighted by Gasteiger charge is -2.17. The van der Waals surface area contributed by atoms with Crippen LogP contribution in [0.15, 0.2) is 18.2 Å². The molecule has 0 bridgehead atoms. The zero-order valence-corrected chi connectivity index (χ0v) is 10.4. The molecule has 0 spiro atoms. The zero-order chi connectivity index (χ0) is 12.1. The normalized spacial score (nSPS) is 12.2. The molecule has 0 aliphatic heterocycles. The first-order valence-corrected chi connectivity index (χ1v) is 5.82. The molecule has 88 valence electrons. The minimum atomic E-state index is -0.374. The largest absolute Gasteiger partial charge is 0.389 e. The predicted octanol–water partition coefficient (Wildman–Crippen LogP) is 3.06. The van der Waals surface area contributed by atoms with Crippen LogP contribution in [0.4, 0.5) is 10.1 Å². The predicted molar refractivity (Wildman–Crippen MR) is 70.3 cm³/mol. The Balaban J connectivity index is 2.95. The Morgan fingerprint density at radius 3 is 2.81 bits per heavy atom. The van der Waals surface area contributed by atoms with E-state index in [9.17, 15) is 4.39 Å². The van der Waals surface area contributed by atoms with Crippen molar-refractivity contribution in [2.75, 3.05) is 5.32 Å². The summed E-state index contributed by atoms with van der Waals surface area (Å²) >= 11 is 4.85. The van der Waals surface area contributed by atoms with E-state index in [-0.39, 0.29) is 16.8 Å². The molecule has 0 saturated heterocycles. The maximum atomic E-state index is 13.5. The van der Waals surface area contributed by atoms with Crippen molar-refractivity contribution >= 4 is 22.9 Å². The van der Waals surface area contributed by atoms with E-state index < -0.39 is 0 Å². The van der Waals surface area contributed by atoms with Crippen molar-refractivity contribution in [2.24, 2.45) is 5.73 Å². The van der Waals surface area contributed by atoms with Crippen LogP contribution >= 0.6 is 12.2 Å². The van der Waals surface area contributed by atoms with Gasteiger partial charge in [0.25, 0.3) is 0 Å². The van der Waals surface area contributed by atoms with Crippen LogP contribution in [0.3, 0.4) is 0 Å². The van der Waals surface area contributed by atoms with Gasteiger partial charge < -0.3 is 11.1 Å². The lowest BCUT2D eigenvalue weighted by atomic mass is 10.1. The fourth-order valence-corrected chi connectivity index (χ4v) is 1.87. The van der Waals surface area contributed by atoms with Gasteiger partial charge in [0.2, 0.25) is 0 Å². The molecule has 2 nitrogen and oxygen atoms in total. The summed E-state index contributed by atoms with van der Waals surface area (Å²) in [6.45, 7) is 4.16. The van der Waals surface area contributed by atoms with Gasteiger partial charge in [-0.25, -0.2) is 4.39 Å². The van der Waals surface area contributed by atoms with Crippen LogP contribution in [-0.2, 0) is 0 Å². The first-order valence-electron chi connectivity index (χ1n) is 5.41. The van der Waals surface area contributed by atoms with Gasteiger partial charge in [-0.1, -0.05) is 31.6 Å². The zero-order valence-electron chi connectivity index (χ0n) is 9.59. The topological polar surface area (TPSA) is 38.0 Å². The Kier molecular flexibility index (Phi) is 4.68. The van der Waals surface area contributed by atoms with Crippen molar-refractivity contribution in [1.82, 2.24) is 0 Å². The fraction of sp³-hybridized carbons (Fsp3) is 0.417. The average Bonchev–Trinajstić information content (AvgIpc) is 2.17. The van der Waals surface area contributed by atoms with Crippen molar-refractivity contribution in [3.05, 3.63) is 29.6 Å². The highest BCUT2D eigenvalue weighted by Gasteiger charge is 2.12. The van der Waals surface area contributed by atoms with Gasteiger partial charge >= 0.3 is 0 Å². The highest BCUT2D eigenvalue weighted by molar-refractivity contribution is 7.80. The monoisotopic (exact) mass is 240 g/mol. The number of hydrogen-bond acceptors (Lipinski definition) is 2. The van der Waals surface area contributed by atoms with Gasteiger partial charge in [-0.3, -0.25) is 0 Å². The van der Waals surface area contributed by atoms with Crippen LogP contribution in [0.5, 0.6) is 0 Å². The third kappa shape index (κ3) is 3.17. The number of benzene rings is 1. The van der Waals surface area contributed by atoms with E-state index in [1.807, 2.05) is 0 Å². The number of halogens is 1. The van der Waals surface area contributed by atoms with E-state index in [2.05, 4.69) is 19.2 Å². The summed E-state index contributed by atoms with van der Waals surface area (Å²) in [6, 6.07) is 5.09. The van der Waals surface area contributed by atoms with Crippen molar-refractivity contribution in [2.45, 2.75) is 32.7 Å². The summed E-state index contributed by atoms with van der Waals surface area (Å²) in [5, 5.41) is 3.23. The average molecular weight is 240 g/mol. The lowest BCUT2D eigenvalue weighted by Crippen LogP contribution is -2.20. The minimum Gasteiger partial charge on any atom is -0.389 e. The molecule has 0 amide bonds.